The molecule has 0 N–H and O–H groups in total. The summed E-state index contributed by atoms with van der Waals surface area (Å²) < 4.78 is 70.8. The summed E-state index contributed by atoms with van der Waals surface area (Å²) in [4.78, 5) is 0. The molecule has 0 spiro atoms. The lowest BCUT2D eigenvalue weighted by Crippen LogP contribution is -2.40. The monoisotopic (exact) mass is 182 g/mol. The minimum atomic E-state index is -5.87. The molecule has 0 rings (SSSR count). The standard InChI is InChI=1S/C4H4F6O/c1-2(5)11-4(9,10)3(6,7)8/h2H,1H3. The smallest absolute Gasteiger partial charge is 0.279 e. The first kappa shape index (κ1) is 10.5. The van der Waals surface area contributed by atoms with Crippen LogP contribution in [0.1, 0.15) is 6.92 Å². The van der Waals surface area contributed by atoms with Crippen molar-refractivity contribution < 1.29 is 31.1 Å². The van der Waals surface area contributed by atoms with Crippen molar-refractivity contribution in [3.63, 3.8) is 0 Å². The molecule has 1 nitrogen and oxygen atoms in total. The van der Waals surface area contributed by atoms with Crippen LogP contribution in [-0.4, -0.2) is 18.6 Å². The van der Waals surface area contributed by atoms with Crippen LogP contribution in [0.25, 0.3) is 0 Å². The second-order valence-electron chi connectivity index (χ2n) is 1.68. The van der Waals surface area contributed by atoms with Crippen LogP contribution in [0.15, 0.2) is 0 Å². The van der Waals surface area contributed by atoms with E-state index in [-0.39, 0.29) is 0 Å². The summed E-state index contributed by atoms with van der Waals surface area (Å²) in [7, 11) is 0. The van der Waals surface area contributed by atoms with Crippen molar-refractivity contribution >= 4 is 0 Å². The van der Waals surface area contributed by atoms with Gasteiger partial charge in [-0.25, -0.2) is 4.39 Å². The summed E-state index contributed by atoms with van der Waals surface area (Å²) in [5.74, 6) is 0. The van der Waals surface area contributed by atoms with Crippen LogP contribution in [0.5, 0.6) is 0 Å². The number of ether oxygens (including phenoxy) is 1. The molecule has 0 heterocycles. The number of alkyl halides is 6. The van der Waals surface area contributed by atoms with E-state index in [9.17, 15) is 26.3 Å². The predicted octanol–water partition coefficient (Wildman–Crippen LogP) is 2.47. The average Bonchev–Trinajstić information content (AvgIpc) is 1.56. The molecule has 0 aliphatic rings. The highest BCUT2D eigenvalue weighted by Gasteiger charge is 2.60. The van der Waals surface area contributed by atoms with Gasteiger partial charge in [0.15, 0.2) is 0 Å². The first-order valence-corrected chi connectivity index (χ1v) is 2.43. The number of hydrogen-bond acceptors (Lipinski definition) is 1. The van der Waals surface area contributed by atoms with E-state index < -0.39 is 18.6 Å². The summed E-state index contributed by atoms with van der Waals surface area (Å²) in [6, 6.07) is 0. The first-order chi connectivity index (χ1) is 4.67. The highest BCUT2D eigenvalue weighted by atomic mass is 19.4. The van der Waals surface area contributed by atoms with Crippen LogP contribution >= 0.6 is 0 Å². The lowest BCUT2D eigenvalue weighted by Gasteiger charge is -2.19. The van der Waals surface area contributed by atoms with Crippen LogP contribution in [0.4, 0.5) is 26.3 Å². The number of hydrogen-bond donors (Lipinski definition) is 0. The third-order valence-electron chi connectivity index (χ3n) is 0.640. The van der Waals surface area contributed by atoms with E-state index in [0.29, 0.717) is 6.92 Å². The fourth-order valence-corrected chi connectivity index (χ4v) is 0.271. The molecule has 1 atom stereocenters. The van der Waals surface area contributed by atoms with Gasteiger partial charge in [0.25, 0.3) is 0 Å². The molecule has 0 aromatic rings. The van der Waals surface area contributed by atoms with Crippen molar-refractivity contribution in [1.82, 2.24) is 0 Å². The SMILES string of the molecule is CC(F)OC(F)(F)C(F)(F)F. The molecular formula is C4H4F6O. The Morgan fingerprint density at radius 3 is 1.55 bits per heavy atom. The predicted molar refractivity (Wildman–Crippen MR) is 22.7 cm³/mol. The van der Waals surface area contributed by atoms with Crippen molar-refractivity contribution in [3.8, 4) is 0 Å². The van der Waals surface area contributed by atoms with E-state index in [1.807, 2.05) is 0 Å². The largest absolute Gasteiger partial charge is 0.483 e. The van der Waals surface area contributed by atoms with Crippen molar-refractivity contribution in [2.45, 2.75) is 25.6 Å². The van der Waals surface area contributed by atoms with Gasteiger partial charge in [0.1, 0.15) is 0 Å². The van der Waals surface area contributed by atoms with E-state index in [1.165, 1.54) is 0 Å². The lowest BCUT2D eigenvalue weighted by molar-refractivity contribution is -0.411. The fourth-order valence-electron chi connectivity index (χ4n) is 0.271. The molecule has 0 amide bonds. The van der Waals surface area contributed by atoms with Crippen LogP contribution in [0.2, 0.25) is 0 Å². The maximum atomic E-state index is 11.6. The quantitative estimate of drug-likeness (QED) is 0.596. The highest BCUT2D eigenvalue weighted by molar-refractivity contribution is 4.63. The van der Waals surface area contributed by atoms with Gasteiger partial charge in [-0.3, -0.25) is 4.74 Å². The summed E-state index contributed by atoms with van der Waals surface area (Å²) in [6.45, 7) is 0.430. The fraction of sp³-hybridized carbons (Fsp3) is 1.00. The Bertz CT molecular complexity index is 127. The van der Waals surface area contributed by atoms with Crippen molar-refractivity contribution in [3.05, 3.63) is 0 Å². The maximum Gasteiger partial charge on any atom is 0.483 e. The molecule has 0 saturated carbocycles. The van der Waals surface area contributed by atoms with Gasteiger partial charge in [0.05, 0.1) is 0 Å². The molecule has 0 aliphatic heterocycles. The van der Waals surface area contributed by atoms with E-state index in [4.69, 9.17) is 0 Å². The topological polar surface area (TPSA) is 9.23 Å². The Hall–Kier alpha value is -0.460. The summed E-state index contributed by atoms with van der Waals surface area (Å²) in [5, 5.41) is 0. The molecule has 0 aliphatic carbocycles. The molecule has 0 fully saturated rings. The van der Waals surface area contributed by atoms with Crippen LogP contribution < -0.4 is 0 Å². The van der Waals surface area contributed by atoms with Crippen LogP contribution in [0, 0.1) is 0 Å². The Labute approximate surface area is 57.9 Å². The number of halogens is 6. The molecule has 7 heteroatoms. The molecule has 11 heavy (non-hydrogen) atoms. The van der Waals surface area contributed by atoms with Gasteiger partial charge in [-0.05, 0) is 6.92 Å². The maximum absolute atomic E-state index is 11.6. The minimum absolute atomic E-state index is 0.430. The second kappa shape index (κ2) is 2.88. The molecule has 0 radical (unpaired) electrons. The zero-order chi connectivity index (χ0) is 9.28. The Morgan fingerprint density at radius 2 is 1.45 bits per heavy atom. The van der Waals surface area contributed by atoms with Crippen molar-refractivity contribution in [2.75, 3.05) is 0 Å². The molecule has 0 aromatic carbocycles. The zero-order valence-electron chi connectivity index (χ0n) is 5.25. The van der Waals surface area contributed by atoms with E-state index >= 15 is 0 Å². The van der Waals surface area contributed by atoms with Crippen LogP contribution in [0.3, 0.4) is 0 Å². The normalized spacial score (nSPS) is 16.6. The average molecular weight is 182 g/mol. The van der Waals surface area contributed by atoms with Crippen molar-refractivity contribution in [1.29, 1.82) is 0 Å². The van der Waals surface area contributed by atoms with Crippen LogP contribution in [-0.2, 0) is 4.74 Å². The Balaban J connectivity index is 4.22. The summed E-state index contributed by atoms with van der Waals surface area (Å²) in [5.41, 5.74) is 0. The van der Waals surface area contributed by atoms with E-state index in [0.717, 1.165) is 0 Å². The van der Waals surface area contributed by atoms with Gasteiger partial charge in [-0.1, -0.05) is 0 Å². The van der Waals surface area contributed by atoms with Gasteiger partial charge < -0.3 is 0 Å². The third-order valence-corrected chi connectivity index (χ3v) is 0.640. The van der Waals surface area contributed by atoms with Gasteiger partial charge >= 0.3 is 12.3 Å². The molecule has 0 bridgehead atoms. The van der Waals surface area contributed by atoms with Gasteiger partial charge in [-0.2, -0.15) is 22.0 Å². The second-order valence-corrected chi connectivity index (χ2v) is 1.68. The molecule has 0 saturated heterocycles. The Morgan fingerprint density at radius 1 is 1.09 bits per heavy atom. The third kappa shape index (κ3) is 2.96. The molecule has 0 aromatic heterocycles. The van der Waals surface area contributed by atoms with E-state index in [2.05, 4.69) is 4.74 Å². The molecule has 68 valence electrons. The summed E-state index contributed by atoms with van der Waals surface area (Å²) in [6.07, 6.45) is -13.9. The van der Waals surface area contributed by atoms with E-state index in [1.54, 1.807) is 0 Å². The molecule has 1 unspecified atom stereocenters. The lowest BCUT2D eigenvalue weighted by atomic mass is 10.6. The highest BCUT2D eigenvalue weighted by Crippen LogP contribution is 2.37. The van der Waals surface area contributed by atoms with Gasteiger partial charge in [0.2, 0.25) is 6.36 Å². The summed E-state index contributed by atoms with van der Waals surface area (Å²) >= 11 is 0. The number of rotatable bonds is 2. The van der Waals surface area contributed by atoms with Crippen molar-refractivity contribution in [2.24, 2.45) is 0 Å². The first-order valence-electron chi connectivity index (χ1n) is 2.43. The Kier molecular flexibility index (Phi) is 2.76. The molecular weight excluding hydrogens is 178 g/mol. The van der Waals surface area contributed by atoms with Gasteiger partial charge in [-0.15, -0.1) is 0 Å². The minimum Gasteiger partial charge on any atom is -0.279 e. The zero-order valence-corrected chi connectivity index (χ0v) is 5.25. The van der Waals surface area contributed by atoms with Gasteiger partial charge in [0, 0.05) is 0 Å².